The highest BCUT2D eigenvalue weighted by Crippen LogP contribution is 2.11. The van der Waals surface area contributed by atoms with Crippen molar-refractivity contribution in [1.29, 1.82) is 0 Å². The Labute approximate surface area is 83.2 Å². The van der Waals surface area contributed by atoms with Gasteiger partial charge in [0.2, 0.25) is 0 Å². The molecule has 0 fully saturated rings. The molecule has 3 N–H and O–H groups in total. The van der Waals surface area contributed by atoms with Crippen molar-refractivity contribution < 1.29 is 18.7 Å². The van der Waals surface area contributed by atoms with Gasteiger partial charge in [-0.05, 0) is 12.1 Å². The lowest BCUT2D eigenvalue weighted by Gasteiger charge is -2.02. The van der Waals surface area contributed by atoms with Crippen LogP contribution in [0, 0.1) is 0 Å². The average Bonchev–Trinajstić information content (AvgIpc) is 2.16. The third kappa shape index (κ3) is 2.91. The van der Waals surface area contributed by atoms with Crippen LogP contribution >= 0.6 is 0 Å². The third-order valence-corrected chi connectivity index (χ3v) is 1.94. The molecule has 0 saturated carbocycles. The number of hydrogen-bond donors (Lipinski definition) is 3. The second-order valence-corrected chi connectivity index (χ2v) is 3.22. The minimum atomic E-state index is -2.16. The van der Waals surface area contributed by atoms with Gasteiger partial charge in [0.15, 0.2) is 5.78 Å². The normalized spacial score (nSPS) is 12.1. The van der Waals surface area contributed by atoms with Gasteiger partial charge in [0, 0.05) is 11.3 Å². The highest BCUT2D eigenvalue weighted by atomic mass is 32.2. The van der Waals surface area contributed by atoms with Crippen molar-refractivity contribution in [3.05, 3.63) is 29.8 Å². The van der Waals surface area contributed by atoms with Gasteiger partial charge in [-0.2, -0.15) is 0 Å². The zero-order valence-electron chi connectivity index (χ0n) is 7.14. The number of Topliss-reactive ketones (excluding diaryl/α,β-unsaturated/α-hetero) is 1. The van der Waals surface area contributed by atoms with Crippen molar-refractivity contribution in [3.63, 3.8) is 0 Å². The maximum absolute atomic E-state index is 11.0. The molecule has 14 heavy (non-hydrogen) atoms. The average molecular weight is 215 g/mol. The number of ketones is 1. The van der Waals surface area contributed by atoms with Gasteiger partial charge in [0.05, 0.1) is 0 Å². The predicted octanol–water partition coefficient (Wildman–Crippen LogP) is 0.410. The smallest absolute Gasteiger partial charge is 0.259 e. The summed E-state index contributed by atoms with van der Waals surface area (Å²) in [6.07, 6.45) is 0. The van der Waals surface area contributed by atoms with Crippen LogP contribution in [-0.4, -0.2) is 26.3 Å². The molecule has 1 atom stereocenters. The first kappa shape index (κ1) is 10.8. The Balaban J connectivity index is 2.89. The lowest BCUT2D eigenvalue weighted by Crippen LogP contribution is -2.06. The molecule has 0 bridgehead atoms. The van der Waals surface area contributed by atoms with E-state index < -0.39 is 23.7 Å². The highest BCUT2D eigenvalue weighted by Gasteiger charge is 2.04. The van der Waals surface area contributed by atoms with E-state index in [0.717, 1.165) is 0 Å². The van der Waals surface area contributed by atoms with Gasteiger partial charge < -0.3 is 5.11 Å². The van der Waals surface area contributed by atoms with Crippen molar-refractivity contribution in [2.45, 2.75) is 0 Å². The molecular formula is C8H9NO4S. The minimum Gasteiger partial charge on any atom is -0.388 e. The summed E-state index contributed by atoms with van der Waals surface area (Å²) in [5, 5.41) is 8.58. The molecule has 0 radical (unpaired) electrons. The largest absolute Gasteiger partial charge is 0.388 e. The summed E-state index contributed by atoms with van der Waals surface area (Å²) >= 11 is -2.16. The van der Waals surface area contributed by atoms with E-state index in [1.54, 1.807) is 12.1 Å². The standard InChI is InChI=1S/C8H9NO4S/c10-5-8(11)6-2-1-3-7(4-6)9-14(12)13/h1-4,9-10H,5H2,(H,12,13). The Bertz CT molecular complexity index is 366. The molecule has 0 aliphatic heterocycles. The van der Waals surface area contributed by atoms with Crippen LogP contribution in [0.1, 0.15) is 10.4 Å². The topological polar surface area (TPSA) is 86.6 Å². The Morgan fingerprint density at radius 3 is 2.79 bits per heavy atom. The van der Waals surface area contributed by atoms with E-state index >= 15 is 0 Å². The lowest BCUT2D eigenvalue weighted by molar-refractivity contribution is 0.0904. The van der Waals surface area contributed by atoms with Gasteiger partial charge in [-0.1, -0.05) is 12.1 Å². The van der Waals surface area contributed by atoms with Crippen LogP contribution in [0.15, 0.2) is 24.3 Å². The summed E-state index contributed by atoms with van der Waals surface area (Å²) in [7, 11) is 0. The number of carbonyl (C=O) groups is 1. The van der Waals surface area contributed by atoms with Crippen LogP contribution in [0.5, 0.6) is 0 Å². The monoisotopic (exact) mass is 215 g/mol. The van der Waals surface area contributed by atoms with E-state index in [1.807, 2.05) is 0 Å². The third-order valence-electron chi connectivity index (χ3n) is 1.53. The van der Waals surface area contributed by atoms with Crippen molar-refractivity contribution in [3.8, 4) is 0 Å². The molecule has 0 aromatic heterocycles. The van der Waals surface area contributed by atoms with Crippen LogP contribution in [0.3, 0.4) is 0 Å². The Hall–Kier alpha value is -1.24. The van der Waals surface area contributed by atoms with Gasteiger partial charge in [0.25, 0.3) is 11.3 Å². The Kier molecular flexibility index (Phi) is 3.75. The van der Waals surface area contributed by atoms with Gasteiger partial charge in [-0.3, -0.25) is 14.1 Å². The number of benzene rings is 1. The molecule has 6 heteroatoms. The Morgan fingerprint density at radius 1 is 1.50 bits per heavy atom. The van der Waals surface area contributed by atoms with E-state index in [0.29, 0.717) is 11.3 Å². The van der Waals surface area contributed by atoms with Gasteiger partial charge >= 0.3 is 0 Å². The molecule has 1 unspecified atom stereocenters. The number of carbonyl (C=O) groups excluding carboxylic acids is 1. The maximum Gasteiger partial charge on any atom is 0.259 e. The second kappa shape index (κ2) is 4.85. The zero-order valence-corrected chi connectivity index (χ0v) is 7.95. The summed E-state index contributed by atoms with van der Waals surface area (Å²) < 4.78 is 21.1. The molecule has 0 saturated heterocycles. The van der Waals surface area contributed by atoms with Gasteiger partial charge in [-0.15, -0.1) is 0 Å². The van der Waals surface area contributed by atoms with E-state index in [4.69, 9.17) is 9.66 Å². The summed E-state index contributed by atoms with van der Waals surface area (Å²) in [5.74, 6) is -0.433. The molecule has 0 amide bonds. The van der Waals surface area contributed by atoms with E-state index in [9.17, 15) is 9.00 Å². The van der Waals surface area contributed by atoms with Crippen LogP contribution < -0.4 is 4.72 Å². The molecule has 76 valence electrons. The number of rotatable bonds is 4. The number of aliphatic hydroxyl groups is 1. The Morgan fingerprint density at radius 2 is 2.21 bits per heavy atom. The first-order valence-corrected chi connectivity index (χ1v) is 4.86. The molecule has 1 aromatic carbocycles. The van der Waals surface area contributed by atoms with Crippen molar-refractivity contribution in [2.75, 3.05) is 11.3 Å². The SMILES string of the molecule is O=C(CO)c1cccc(NS(=O)O)c1. The fourth-order valence-electron chi connectivity index (χ4n) is 0.948. The summed E-state index contributed by atoms with van der Waals surface area (Å²) in [5.41, 5.74) is 0.646. The van der Waals surface area contributed by atoms with Crippen LogP contribution in [0.2, 0.25) is 0 Å². The molecule has 0 aliphatic carbocycles. The summed E-state index contributed by atoms with van der Waals surface area (Å²) in [6.45, 7) is -0.578. The van der Waals surface area contributed by atoms with Crippen molar-refractivity contribution >= 4 is 22.7 Å². The number of anilines is 1. The summed E-state index contributed by atoms with van der Waals surface area (Å²) in [6, 6.07) is 6.01. The molecule has 5 nitrogen and oxygen atoms in total. The fraction of sp³-hybridized carbons (Fsp3) is 0.125. The van der Waals surface area contributed by atoms with Gasteiger partial charge in [0.1, 0.15) is 6.61 Å². The lowest BCUT2D eigenvalue weighted by atomic mass is 10.1. The van der Waals surface area contributed by atoms with Crippen molar-refractivity contribution in [1.82, 2.24) is 0 Å². The van der Waals surface area contributed by atoms with Crippen LogP contribution in [0.25, 0.3) is 0 Å². The molecule has 0 spiro atoms. The molecule has 0 heterocycles. The van der Waals surface area contributed by atoms with E-state index in [-0.39, 0.29) is 0 Å². The molecule has 0 aliphatic rings. The van der Waals surface area contributed by atoms with E-state index in [2.05, 4.69) is 4.72 Å². The quantitative estimate of drug-likeness (QED) is 0.501. The van der Waals surface area contributed by atoms with Crippen LogP contribution in [-0.2, 0) is 11.3 Å². The maximum atomic E-state index is 11.0. The zero-order chi connectivity index (χ0) is 10.6. The first-order chi connectivity index (χ1) is 6.63. The highest BCUT2D eigenvalue weighted by molar-refractivity contribution is 7.80. The van der Waals surface area contributed by atoms with Crippen LogP contribution in [0.4, 0.5) is 5.69 Å². The predicted molar refractivity (Wildman–Crippen MR) is 52.3 cm³/mol. The van der Waals surface area contributed by atoms with Gasteiger partial charge in [-0.25, -0.2) is 4.21 Å². The minimum absolute atomic E-state index is 0.294. The molecule has 1 aromatic rings. The first-order valence-electron chi connectivity index (χ1n) is 3.75. The number of nitrogens with one attached hydrogen (secondary N) is 1. The van der Waals surface area contributed by atoms with E-state index in [1.165, 1.54) is 12.1 Å². The molecule has 1 rings (SSSR count). The fourth-order valence-corrected chi connectivity index (χ4v) is 1.28. The number of hydrogen-bond acceptors (Lipinski definition) is 3. The molecular weight excluding hydrogens is 206 g/mol. The summed E-state index contributed by atoms with van der Waals surface area (Å²) in [4.78, 5) is 11.0. The number of aliphatic hydroxyl groups excluding tert-OH is 1. The second-order valence-electron chi connectivity index (χ2n) is 2.51. The van der Waals surface area contributed by atoms with Crippen molar-refractivity contribution in [2.24, 2.45) is 0 Å².